The molecule has 0 bridgehead atoms. The highest BCUT2D eigenvalue weighted by Crippen LogP contribution is 2.27. The zero-order valence-electron chi connectivity index (χ0n) is 10.6. The van der Waals surface area contributed by atoms with Gasteiger partial charge in [-0.2, -0.15) is 0 Å². The molecule has 96 valence electrons. The van der Waals surface area contributed by atoms with Crippen LogP contribution in [0, 0.1) is 0 Å². The number of hydrogen-bond donors (Lipinski definition) is 1. The first-order valence-electron chi connectivity index (χ1n) is 5.79. The van der Waals surface area contributed by atoms with E-state index in [1.165, 1.54) is 16.9 Å². The van der Waals surface area contributed by atoms with Crippen molar-refractivity contribution in [3.05, 3.63) is 40.9 Å². The summed E-state index contributed by atoms with van der Waals surface area (Å²) in [6.45, 7) is 5.37. The van der Waals surface area contributed by atoms with Gasteiger partial charge in [-0.1, -0.05) is 55.5 Å². The van der Waals surface area contributed by atoms with E-state index in [2.05, 4.69) is 36.2 Å². The van der Waals surface area contributed by atoms with Crippen LogP contribution in [0.4, 0.5) is 5.13 Å². The molecule has 1 aromatic carbocycles. The van der Waals surface area contributed by atoms with Crippen molar-refractivity contribution in [3.63, 3.8) is 0 Å². The molecule has 5 heteroatoms. The van der Waals surface area contributed by atoms with Crippen LogP contribution in [0.15, 0.2) is 30.3 Å². The molecular formula is C13H17N3OS. The van der Waals surface area contributed by atoms with Gasteiger partial charge in [-0.25, -0.2) is 0 Å². The minimum atomic E-state index is -0.163. The topological polar surface area (TPSA) is 61.0 Å². The molecule has 2 rings (SSSR count). The summed E-state index contributed by atoms with van der Waals surface area (Å²) in [6, 6.07) is 10.1. The van der Waals surface area contributed by atoms with Crippen LogP contribution in [-0.2, 0) is 16.8 Å². The summed E-state index contributed by atoms with van der Waals surface area (Å²) in [6.07, 6.45) is 0. The Labute approximate surface area is 111 Å². The van der Waals surface area contributed by atoms with Gasteiger partial charge < -0.3 is 10.5 Å². The van der Waals surface area contributed by atoms with Crippen molar-refractivity contribution in [1.82, 2.24) is 10.2 Å². The quantitative estimate of drug-likeness (QED) is 0.900. The van der Waals surface area contributed by atoms with Gasteiger partial charge in [0.2, 0.25) is 5.13 Å². The summed E-state index contributed by atoms with van der Waals surface area (Å²) in [5.74, 6) is 0. The van der Waals surface area contributed by atoms with E-state index in [9.17, 15) is 0 Å². The molecule has 4 nitrogen and oxygen atoms in total. The van der Waals surface area contributed by atoms with E-state index < -0.39 is 0 Å². The molecule has 0 spiro atoms. The van der Waals surface area contributed by atoms with Gasteiger partial charge in [0, 0.05) is 5.41 Å². The third-order valence-electron chi connectivity index (χ3n) is 2.59. The Kier molecular flexibility index (Phi) is 3.93. The fraction of sp³-hybridized carbons (Fsp3) is 0.385. The molecule has 2 N–H and O–H groups in total. The lowest BCUT2D eigenvalue weighted by molar-refractivity contribution is 0.0822. The molecular weight excluding hydrogens is 246 g/mol. The van der Waals surface area contributed by atoms with Gasteiger partial charge in [0.1, 0.15) is 5.01 Å². The minimum absolute atomic E-state index is 0.163. The largest absolute Gasteiger partial charge is 0.376 e. The van der Waals surface area contributed by atoms with Crippen molar-refractivity contribution >= 4 is 16.5 Å². The van der Waals surface area contributed by atoms with E-state index in [-0.39, 0.29) is 5.41 Å². The monoisotopic (exact) mass is 263 g/mol. The summed E-state index contributed by atoms with van der Waals surface area (Å²) >= 11 is 1.42. The van der Waals surface area contributed by atoms with Crippen LogP contribution in [-0.4, -0.2) is 16.8 Å². The number of benzene rings is 1. The summed E-state index contributed by atoms with van der Waals surface area (Å²) < 4.78 is 5.75. The zero-order chi connectivity index (χ0) is 13.0. The predicted octanol–water partition coefficient (Wildman–Crippen LogP) is 2.61. The molecule has 0 atom stereocenters. The van der Waals surface area contributed by atoms with Crippen molar-refractivity contribution in [3.8, 4) is 0 Å². The number of aromatic nitrogens is 2. The van der Waals surface area contributed by atoms with Crippen LogP contribution < -0.4 is 5.73 Å². The molecule has 0 fully saturated rings. The smallest absolute Gasteiger partial charge is 0.203 e. The number of anilines is 1. The highest BCUT2D eigenvalue weighted by Gasteiger charge is 2.25. The Morgan fingerprint density at radius 2 is 1.94 bits per heavy atom. The van der Waals surface area contributed by atoms with Crippen LogP contribution in [0.3, 0.4) is 0 Å². The second-order valence-corrected chi connectivity index (χ2v) is 5.82. The van der Waals surface area contributed by atoms with Gasteiger partial charge in [-0.15, -0.1) is 10.2 Å². The lowest BCUT2D eigenvalue weighted by atomic mass is 9.96. The van der Waals surface area contributed by atoms with Crippen LogP contribution in [0.5, 0.6) is 0 Å². The average Bonchev–Trinajstić information content (AvgIpc) is 2.78. The van der Waals surface area contributed by atoms with Gasteiger partial charge in [0.25, 0.3) is 0 Å². The van der Waals surface area contributed by atoms with E-state index in [0.29, 0.717) is 18.3 Å². The number of nitrogen functional groups attached to an aromatic ring is 1. The van der Waals surface area contributed by atoms with Crippen molar-refractivity contribution in [2.24, 2.45) is 0 Å². The maximum Gasteiger partial charge on any atom is 0.203 e. The van der Waals surface area contributed by atoms with Crippen LogP contribution >= 0.6 is 11.3 Å². The van der Waals surface area contributed by atoms with Gasteiger partial charge in [-0.3, -0.25) is 0 Å². The first-order valence-corrected chi connectivity index (χ1v) is 6.61. The lowest BCUT2D eigenvalue weighted by Crippen LogP contribution is -2.24. The normalized spacial score (nSPS) is 11.7. The molecule has 0 amide bonds. The Hall–Kier alpha value is -1.46. The van der Waals surface area contributed by atoms with Gasteiger partial charge in [0.15, 0.2) is 0 Å². The lowest BCUT2D eigenvalue weighted by Gasteiger charge is -2.21. The second kappa shape index (κ2) is 5.46. The van der Waals surface area contributed by atoms with E-state index in [4.69, 9.17) is 10.5 Å². The summed E-state index contributed by atoms with van der Waals surface area (Å²) in [5.41, 5.74) is 6.61. The van der Waals surface area contributed by atoms with Crippen LogP contribution in [0.25, 0.3) is 0 Å². The molecule has 0 aliphatic rings. The minimum Gasteiger partial charge on any atom is -0.376 e. The van der Waals surface area contributed by atoms with Crippen molar-refractivity contribution in [2.75, 3.05) is 12.3 Å². The van der Waals surface area contributed by atoms with Crippen molar-refractivity contribution < 1.29 is 4.74 Å². The third-order valence-corrected chi connectivity index (χ3v) is 3.71. The Morgan fingerprint density at radius 3 is 2.56 bits per heavy atom. The molecule has 2 aromatic rings. The summed E-state index contributed by atoms with van der Waals surface area (Å²) in [7, 11) is 0. The van der Waals surface area contributed by atoms with Gasteiger partial charge >= 0.3 is 0 Å². The molecule has 0 saturated heterocycles. The van der Waals surface area contributed by atoms with Crippen LogP contribution in [0.2, 0.25) is 0 Å². The van der Waals surface area contributed by atoms with Gasteiger partial charge in [-0.05, 0) is 5.56 Å². The number of nitrogens with zero attached hydrogens (tertiary/aromatic N) is 2. The predicted molar refractivity (Wildman–Crippen MR) is 73.4 cm³/mol. The highest BCUT2D eigenvalue weighted by molar-refractivity contribution is 7.15. The molecule has 1 heterocycles. The average molecular weight is 263 g/mol. The Balaban J connectivity index is 1.89. The number of hydrogen-bond acceptors (Lipinski definition) is 5. The Bertz CT molecular complexity index is 496. The SMILES string of the molecule is CC(C)(COCc1ccccc1)c1nnc(N)s1. The maximum absolute atomic E-state index is 5.75. The third kappa shape index (κ3) is 3.27. The number of ether oxygens (including phenoxy) is 1. The molecule has 0 aliphatic carbocycles. The molecule has 0 radical (unpaired) electrons. The number of nitrogens with two attached hydrogens (primary N) is 1. The second-order valence-electron chi connectivity index (χ2n) is 4.81. The van der Waals surface area contributed by atoms with E-state index in [1.807, 2.05) is 18.2 Å². The molecule has 18 heavy (non-hydrogen) atoms. The summed E-state index contributed by atoms with van der Waals surface area (Å²) in [5, 5.41) is 9.33. The molecule has 0 saturated carbocycles. The summed E-state index contributed by atoms with van der Waals surface area (Å²) in [4.78, 5) is 0. The first kappa shape index (κ1) is 13.0. The van der Waals surface area contributed by atoms with E-state index >= 15 is 0 Å². The number of rotatable bonds is 5. The standard InChI is InChI=1S/C13H17N3OS/c1-13(2,11-15-16-12(14)18-11)9-17-8-10-6-4-3-5-7-10/h3-7H,8-9H2,1-2H3,(H2,14,16). The van der Waals surface area contributed by atoms with Gasteiger partial charge in [0.05, 0.1) is 13.2 Å². The van der Waals surface area contributed by atoms with Crippen molar-refractivity contribution in [1.29, 1.82) is 0 Å². The Morgan fingerprint density at radius 1 is 1.22 bits per heavy atom. The fourth-order valence-corrected chi connectivity index (χ4v) is 2.26. The first-order chi connectivity index (χ1) is 8.58. The maximum atomic E-state index is 5.75. The van der Waals surface area contributed by atoms with Crippen LogP contribution in [0.1, 0.15) is 24.4 Å². The molecule has 1 aromatic heterocycles. The fourth-order valence-electron chi connectivity index (χ4n) is 1.57. The van der Waals surface area contributed by atoms with E-state index in [0.717, 1.165) is 5.01 Å². The van der Waals surface area contributed by atoms with Crippen molar-refractivity contribution in [2.45, 2.75) is 25.9 Å². The zero-order valence-corrected chi connectivity index (χ0v) is 11.4. The van der Waals surface area contributed by atoms with E-state index in [1.54, 1.807) is 0 Å². The molecule has 0 aliphatic heterocycles. The highest BCUT2D eigenvalue weighted by atomic mass is 32.1. The molecule has 0 unspecified atom stereocenters.